The summed E-state index contributed by atoms with van der Waals surface area (Å²) in [6.07, 6.45) is 1.45. The Morgan fingerprint density at radius 1 is 1.26 bits per heavy atom. The van der Waals surface area contributed by atoms with Crippen molar-refractivity contribution < 1.29 is 9.53 Å². The van der Waals surface area contributed by atoms with E-state index in [2.05, 4.69) is 51.1 Å². The average Bonchev–Trinajstić information content (AvgIpc) is 2.70. The highest BCUT2D eigenvalue weighted by Gasteiger charge is 2.15. The first-order chi connectivity index (χ1) is 13.2. The van der Waals surface area contributed by atoms with Gasteiger partial charge in [0.1, 0.15) is 17.8 Å². The molecule has 1 aliphatic rings. The van der Waals surface area contributed by atoms with E-state index in [1.807, 2.05) is 12.1 Å². The van der Waals surface area contributed by atoms with Crippen LogP contribution in [0.15, 0.2) is 36.7 Å². The number of aromatic nitrogens is 2. The zero-order valence-corrected chi connectivity index (χ0v) is 16.0. The van der Waals surface area contributed by atoms with Gasteiger partial charge >= 0.3 is 0 Å². The summed E-state index contributed by atoms with van der Waals surface area (Å²) in [5.74, 6) is 0.545. The Morgan fingerprint density at radius 2 is 2.07 bits per heavy atom. The third-order valence-corrected chi connectivity index (χ3v) is 4.61. The van der Waals surface area contributed by atoms with E-state index < -0.39 is 0 Å². The van der Waals surface area contributed by atoms with Gasteiger partial charge in [0.05, 0.1) is 13.2 Å². The number of morpholine rings is 1. The van der Waals surface area contributed by atoms with Crippen molar-refractivity contribution >= 4 is 17.4 Å². The number of carbonyl (C=O) groups is 1. The van der Waals surface area contributed by atoms with Crippen LogP contribution in [0.5, 0.6) is 0 Å². The second-order valence-electron chi connectivity index (χ2n) is 6.55. The minimum atomic E-state index is -0.174. The molecular weight excluding hydrogens is 342 g/mol. The van der Waals surface area contributed by atoms with Crippen molar-refractivity contribution in [3.05, 3.63) is 47.9 Å². The number of nitrogens with zero attached hydrogens (tertiary/aromatic N) is 4. The van der Waals surface area contributed by atoms with Crippen LogP contribution in [0.25, 0.3) is 0 Å². The zero-order chi connectivity index (χ0) is 19.1. The zero-order valence-electron chi connectivity index (χ0n) is 16.0. The molecule has 1 amide bonds. The van der Waals surface area contributed by atoms with Crippen molar-refractivity contribution in [2.45, 2.75) is 13.8 Å². The Morgan fingerprint density at radius 3 is 2.81 bits per heavy atom. The fraction of sp³-hybridized carbons (Fsp3) is 0.450. The molecule has 0 bridgehead atoms. The van der Waals surface area contributed by atoms with Gasteiger partial charge in [0.15, 0.2) is 0 Å². The first-order valence-electron chi connectivity index (χ1n) is 9.42. The quantitative estimate of drug-likeness (QED) is 0.805. The van der Waals surface area contributed by atoms with Gasteiger partial charge in [-0.2, -0.15) is 0 Å². The summed E-state index contributed by atoms with van der Waals surface area (Å²) in [5.41, 5.74) is 2.61. The van der Waals surface area contributed by atoms with Crippen LogP contribution < -0.4 is 10.2 Å². The van der Waals surface area contributed by atoms with Crippen LogP contribution in [-0.2, 0) is 4.74 Å². The van der Waals surface area contributed by atoms with Gasteiger partial charge < -0.3 is 15.0 Å². The summed E-state index contributed by atoms with van der Waals surface area (Å²) in [6, 6.07) is 9.97. The molecule has 1 N–H and O–H groups in total. The van der Waals surface area contributed by atoms with Crippen LogP contribution in [0.3, 0.4) is 0 Å². The second kappa shape index (κ2) is 9.43. The van der Waals surface area contributed by atoms with Crippen LogP contribution in [0, 0.1) is 6.92 Å². The minimum absolute atomic E-state index is 0.174. The summed E-state index contributed by atoms with van der Waals surface area (Å²) in [4.78, 5) is 25.3. The molecule has 7 heteroatoms. The van der Waals surface area contributed by atoms with Crippen LogP contribution in [0.4, 0.5) is 11.5 Å². The Kier molecular flexibility index (Phi) is 6.73. The maximum atomic E-state index is 12.5. The lowest BCUT2D eigenvalue weighted by molar-refractivity contribution is 0.0383. The largest absolute Gasteiger partial charge is 0.379 e. The van der Waals surface area contributed by atoms with E-state index in [0.717, 1.165) is 50.9 Å². The van der Waals surface area contributed by atoms with Crippen molar-refractivity contribution in [2.24, 2.45) is 0 Å². The molecule has 1 aromatic carbocycles. The van der Waals surface area contributed by atoms with Crippen LogP contribution >= 0.6 is 0 Å². The summed E-state index contributed by atoms with van der Waals surface area (Å²) in [6.45, 7) is 9.62. The standard InChI is InChI=1S/C20H27N5O2/c1-3-25(17-6-4-5-16(2)13-17)19-14-18(22-15-23-19)20(26)21-7-8-24-9-11-27-12-10-24/h4-6,13-15H,3,7-12H2,1-2H3,(H,21,26). The molecule has 0 atom stereocenters. The number of benzene rings is 1. The molecule has 2 aromatic rings. The lowest BCUT2D eigenvalue weighted by atomic mass is 10.2. The molecule has 0 aliphatic carbocycles. The first kappa shape index (κ1) is 19.3. The van der Waals surface area contributed by atoms with Gasteiger partial charge in [0.2, 0.25) is 0 Å². The van der Waals surface area contributed by atoms with Crippen LogP contribution in [-0.4, -0.2) is 66.7 Å². The normalized spacial score (nSPS) is 14.7. The summed E-state index contributed by atoms with van der Waals surface area (Å²) < 4.78 is 5.34. The summed E-state index contributed by atoms with van der Waals surface area (Å²) >= 11 is 0. The Bertz CT molecular complexity index is 762. The smallest absolute Gasteiger partial charge is 0.270 e. The number of rotatable bonds is 7. The van der Waals surface area contributed by atoms with Gasteiger partial charge in [0.25, 0.3) is 5.91 Å². The topological polar surface area (TPSA) is 70.6 Å². The predicted molar refractivity (Wildman–Crippen MR) is 105 cm³/mol. The maximum Gasteiger partial charge on any atom is 0.270 e. The molecule has 1 saturated heterocycles. The third-order valence-electron chi connectivity index (χ3n) is 4.61. The minimum Gasteiger partial charge on any atom is -0.379 e. The Hall–Kier alpha value is -2.51. The number of aryl methyl sites for hydroxylation is 1. The van der Waals surface area contributed by atoms with Crippen molar-refractivity contribution in [3.8, 4) is 0 Å². The molecule has 27 heavy (non-hydrogen) atoms. The molecular formula is C20H27N5O2. The first-order valence-corrected chi connectivity index (χ1v) is 9.42. The molecule has 0 saturated carbocycles. The molecule has 0 unspecified atom stereocenters. The van der Waals surface area contributed by atoms with Crippen molar-refractivity contribution in [1.82, 2.24) is 20.2 Å². The fourth-order valence-corrected chi connectivity index (χ4v) is 3.13. The highest BCUT2D eigenvalue weighted by molar-refractivity contribution is 5.93. The number of hydrogen-bond donors (Lipinski definition) is 1. The van der Waals surface area contributed by atoms with Crippen molar-refractivity contribution in [2.75, 3.05) is 50.8 Å². The number of ether oxygens (including phenoxy) is 1. The van der Waals surface area contributed by atoms with Gasteiger partial charge in [-0.05, 0) is 31.5 Å². The van der Waals surface area contributed by atoms with E-state index in [1.54, 1.807) is 6.07 Å². The molecule has 144 valence electrons. The van der Waals surface area contributed by atoms with Gasteiger partial charge in [-0.3, -0.25) is 9.69 Å². The molecule has 1 fully saturated rings. The molecule has 0 radical (unpaired) electrons. The Balaban J connectivity index is 1.64. The molecule has 0 spiro atoms. The fourth-order valence-electron chi connectivity index (χ4n) is 3.13. The lowest BCUT2D eigenvalue weighted by Crippen LogP contribution is -2.41. The van der Waals surface area contributed by atoms with Crippen molar-refractivity contribution in [1.29, 1.82) is 0 Å². The van der Waals surface area contributed by atoms with Crippen molar-refractivity contribution in [3.63, 3.8) is 0 Å². The average molecular weight is 369 g/mol. The summed E-state index contributed by atoms with van der Waals surface area (Å²) in [7, 11) is 0. The van der Waals surface area contributed by atoms with Crippen LogP contribution in [0.1, 0.15) is 23.0 Å². The van der Waals surface area contributed by atoms with E-state index in [4.69, 9.17) is 4.74 Å². The van der Waals surface area contributed by atoms with E-state index >= 15 is 0 Å². The third kappa shape index (κ3) is 5.24. The second-order valence-corrected chi connectivity index (χ2v) is 6.55. The highest BCUT2D eigenvalue weighted by Crippen LogP contribution is 2.24. The molecule has 2 heterocycles. The summed E-state index contributed by atoms with van der Waals surface area (Å²) in [5, 5.41) is 2.95. The Labute approximate surface area is 160 Å². The number of nitrogens with one attached hydrogen (secondary N) is 1. The SMILES string of the molecule is CCN(c1cccc(C)c1)c1cc(C(=O)NCCN2CCOCC2)ncn1. The van der Waals surface area contributed by atoms with Gasteiger partial charge in [-0.25, -0.2) is 9.97 Å². The molecule has 1 aliphatic heterocycles. The highest BCUT2D eigenvalue weighted by atomic mass is 16.5. The van der Waals surface area contributed by atoms with E-state index in [1.165, 1.54) is 11.9 Å². The van der Waals surface area contributed by atoms with Gasteiger partial charge in [-0.1, -0.05) is 12.1 Å². The van der Waals surface area contributed by atoms with E-state index in [9.17, 15) is 4.79 Å². The van der Waals surface area contributed by atoms with Gasteiger partial charge in [-0.15, -0.1) is 0 Å². The lowest BCUT2D eigenvalue weighted by Gasteiger charge is -2.26. The number of carbonyl (C=O) groups excluding carboxylic acids is 1. The number of hydrogen-bond acceptors (Lipinski definition) is 6. The van der Waals surface area contributed by atoms with Gasteiger partial charge in [0, 0.05) is 44.5 Å². The molecule has 7 nitrogen and oxygen atoms in total. The number of amides is 1. The van der Waals surface area contributed by atoms with E-state index in [0.29, 0.717) is 12.2 Å². The number of anilines is 2. The molecule has 1 aromatic heterocycles. The van der Waals surface area contributed by atoms with E-state index in [-0.39, 0.29) is 5.91 Å². The maximum absolute atomic E-state index is 12.5. The predicted octanol–water partition coefficient (Wildman–Crippen LogP) is 2.01. The molecule has 3 rings (SSSR count). The monoisotopic (exact) mass is 369 g/mol. The van der Waals surface area contributed by atoms with Crippen LogP contribution in [0.2, 0.25) is 0 Å².